The molecule has 1 amide bonds. The van der Waals surface area contributed by atoms with Crippen LogP contribution in [0.4, 0.5) is 0 Å². The van der Waals surface area contributed by atoms with E-state index in [4.69, 9.17) is 10.8 Å². The maximum Gasteiger partial charge on any atom is 0.231 e. The molecule has 0 saturated carbocycles. The number of rotatable bonds is 6. The molecule has 82 valence electrons. The highest BCUT2D eigenvalue weighted by Crippen LogP contribution is 2.06. The number of aliphatic hydroxyl groups is 1. The van der Waals surface area contributed by atoms with Gasteiger partial charge in [-0.1, -0.05) is 0 Å². The third kappa shape index (κ3) is 4.04. The van der Waals surface area contributed by atoms with Crippen LogP contribution in [0.5, 0.6) is 0 Å². The molecule has 0 bridgehead atoms. The van der Waals surface area contributed by atoms with Gasteiger partial charge in [0.1, 0.15) is 0 Å². The molecule has 1 heterocycles. The number of aliphatic hydroxyl groups excluding tert-OH is 1. The zero-order valence-corrected chi connectivity index (χ0v) is 8.41. The highest BCUT2D eigenvalue weighted by Gasteiger charge is 2.18. The lowest BCUT2D eigenvalue weighted by atomic mass is 10.2. The number of nitrogens with two attached hydrogens (primary N) is 1. The molecule has 1 rings (SSSR count). The maximum atomic E-state index is 10.7. The van der Waals surface area contributed by atoms with Crippen LogP contribution in [0.1, 0.15) is 12.8 Å². The van der Waals surface area contributed by atoms with E-state index >= 15 is 0 Å². The normalized spacial score (nSPS) is 21.7. The summed E-state index contributed by atoms with van der Waals surface area (Å²) in [6, 6.07) is 0.445. The fourth-order valence-corrected chi connectivity index (χ4v) is 1.82. The molecule has 0 aliphatic carbocycles. The van der Waals surface area contributed by atoms with Crippen LogP contribution in [0.25, 0.3) is 0 Å². The molecule has 1 atom stereocenters. The van der Waals surface area contributed by atoms with E-state index in [0.717, 1.165) is 19.5 Å². The average Bonchev–Trinajstić information content (AvgIpc) is 2.56. The minimum atomic E-state index is -0.337. The summed E-state index contributed by atoms with van der Waals surface area (Å²) in [5.74, 6) is -0.337. The number of primary amides is 1. The topological polar surface area (TPSA) is 78.6 Å². The van der Waals surface area contributed by atoms with E-state index in [1.54, 1.807) is 0 Å². The van der Waals surface area contributed by atoms with Gasteiger partial charge in [0.05, 0.1) is 13.2 Å². The van der Waals surface area contributed by atoms with E-state index < -0.39 is 0 Å². The molecule has 5 nitrogen and oxygen atoms in total. The Morgan fingerprint density at radius 1 is 1.64 bits per heavy atom. The van der Waals surface area contributed by atoms with E-state index in [2.05, 4.69) is 5.32 Å². The molecule has 0 aromatic heterocycles. The van der Waals surface area contributed by atoms with Crippen molar-refractivity contribution in [3.8, 4) is 0 Å². The summed E-state index contributed by atoms with van der Waals surface area (Å²) in [5, 5.41) is 12.2. The summed E-state index contributed by atoms with van der Waals surface area (Å²) in [7, 11) is 0. The zero-order valence-electron chi connectivity index (χ0n) is 8.41. The lowest BCUT2D eigenvalue weighted by molar-refractivity contribution is -0.119. The highest BCUT2D eigenvalue weighted by molar-refractivity contribution is 5.75. The van der Waals surface area contributed by atoms with Crippen molar-refractivity contribution < 1.29 is 9.90 Å². The molecule has 1 aliphatic rings. The Morgan fingerprint density at radius 3 is 2.93 bits per heavy atom. The maximum absolute atomic E-state index is 10.7. The van der Waals surface area contributed by atoms with E-state index in [0.29, 0.717) is 12.6 Å². The van der Waals surface area contributed by atoms with Gasteiger partial charge in [0.15, 0.2) is 0 Å². The van der Waals surface area contributed by atoms with Crippen LogP contribution in [0.3, 0.4) is 0 Å². The number of carbonyl (C=O) groups is 1. The Hall–Kier alpha value is -0.650. The summed E-state index contributed by atoms with van der Waals surface area (Å²) in [4.78, 5) is 12.6. The van der Waals surface area contributed by atoms with Crippen molar-refractivity contribution in [2.45, 2.75) is 18.9 Å². The minimum Gasteiger partial charge on any atom is -0.395 e. The van der Waals surface area contributed by atoms with Crippen molar-refractivity contribution in [3.63, 3.8) is 0 Å². The van der Waals surface area contributed by atoms with Gasteiger partial charge in [-0.25, -0.2) is 0 Å². The largest absolute Gasteiger partial charge is 0.395 e. The molecule has 1 saturated heterocycles. The Bertz CT molecular complexity index is 181. The number of hydrogen-bond acceptors (Lipinski definition) is 4. The van der Waals surface area contributed by atoms with E-state index in [1.807, 2.05) is 4.90 Å². The molecule has 0 radical (unpaired) electrons. The van der Waals surface area contributed by atoms with Crippen LogP contribution < -0.4 is 11.1 Å². The van der Waals surface area contributed by atoms with Gasteiger partial charge in [-0.2, -0.15) is 0 Å². The summed E-state index contributed by atoms with van der Waals surface area (Å²) >= 11 is 0. The van der Waals surface area contributed by atoms with Crippen LogP contribution in [0.15, 0.2) is 0 Å². The van der Waals surface area contributed by atoms with Gasteiger partial charge in [-0.05, 0) is 19.4 Å². The quantitative estimate of drug-likeness (QED) is 0.489. The van der Waals surface area contributed by atoms with Crippen molar-refractivity contribution in [2.75, 3.05) is 32.8 Å². The standard InChI is InChI=1S/C9H19N3O2/c10-9(14)7-12(4-5-13)6-8-2-1-3-11-8/h8,11,13H,1-7H2,(H2,10,14). The molecular weight excluding hydrogens is 182 g/mol. The first-order valence-corrected chi connectivity index (χ1v) is 5.07. The van der Waals surface area contributed by atoms with Gasteiger partial charge in [-0.3, -0.25) is 9.69 Å². The fraction of sp³-hybridized carbons (Fsp3) is 0.889. The lowest BCUT2D eigenvalue weighted by Crippen LogP contribution is -2.43. The number of hydrogen-bond donors (Lipinski definition) is 3. The van der Waals surface area contributed by atoms with E-state index in [1.165, 1.54) is 6.42 Å². The molecule has 0 spiro atoms. The summed E-state index contributed by atoms with van der Waals surface area (Å²) < 4.78 is 0. The van der Waals surface area contributed by atoms with Gasteiger partial charge < -0.3 is 16.2 Å². The monoisotopic (exact) mass is 201 g/mol. The summed E-state index contributed by atoms with van der Waals surface area (Å²) in [6.45, 7) is 2.66. The first-order chi connectivity index (χ1) is 6.72. The smallest absolute Gasteiger partial charge is 0.231 e. The first-order valence-electron chi connectivity index (χ1n) is 5.07. The predicted molar refractivity (Wildman–Crippen MR) is 53.7 cm³/mol. The van der Waals surface area contributed by atoms with Gasteiger partial charge >= 0.3 is 0 Å². The molecule has 1 aliphatic heterocycles. The third-order valence-corrected chi connectivity index (χ3v) is 2.44. The molecule has 0 aromatic rings. The number of carbonyl (C=O) groups excluding carboxylic acids is 1. The molecule has 4 N–H and O–H groups in total. The highest BCUT2D eigenvalue weighted by atomic mass is 16.3. The molecule has 14 heavy (non-hydrogen) atoms. The Kier molecular flexibility index (Phi) is 4.86. The molecule has 5 heteroatoms. The molecular formula is C9H19N3O2. The first kappa shape index (κ1) is 11.4. The zero-order chi connectivity index (χ0) is 10.4. The number of nitrogens with one attached hydrogen (secondary N) is 1. The fourth-order valence-electron chi connectivity index (χ4n) is 1.82. The van der Waals surface area contributed by atoms with Gasteiger partial charge in [-0.15, -0.1) is 0 Å². The van der Waals surface area contributed by atoms with Crippen molar-refractivity contribution in [2.24, 2.45) is 5.73 Å². The summed E-state index contributed by atoms with van der Waals surface area (Å²) in [6.07, 6.45) is 2.33. The predicted octanol–water partition coefficient (Wildman–Crippen LogP) is -1.48. The van der Waals surface area contributed by atoms with Gasteiger partial charge in [0.2, 0.25) is 5.91 Å². The van der Waals surface area contributed by atoms with Gasteiger partial charge in [0, 0.05) is 19.1 Å². The summed E-state index contributed by atoms with van der Waals surface area (Å²) in [5.41, 5.74) is 5.12. The SMILES string of the molecule is NC(=O)CN(CCO)CC1CCCN1. The van der Waals surface area contributed by atoms with E-state index in [9.17, 15) is 4.79 Å². The van der Waals surface area contributed by atoms with Crippen molar-refractivity contribution >= 4 is 5.91 Å². The van der Waals surface area contributed by atoms with Crippen LogP contribution in [0.2, 0.25) is 0 Å². The Labute approximate surface area is 84.3 Å². The molecule has 1 unspecified atom stereocenters. The Balaban J connectivity index is 2.29. The number of nitrogens with zero attached hydrogens (tertiary/aromatic N) is 1. The third-order valence-electron chi connectivity index (χ3n) is 2.44. The van der Waals surface area contributed by atoms with Crippen LogP contribution >= 0.6 is 0 Å². The second-order valence-corrected chi connectivity index (χ2v) is 3.72. The number of amides is 1. The van der Waals surface area contributed by atoms with Gasteiger partial charge in [0.25, 0.3) is 0 Å². The van der Waals surface area contributed by atoms with Crippen LogP contribution in [-0.4, -0.2) is 54.7 Å². The van der Waals surface area contributed by atoms with Crippen LogP contribution in [-0.2, 0) is 4.79 Å². The van der Waals surface area contributed by atoms with Crippen molar-refractivity contribution in [1.82, 2.24) is 10.2 Å². The second kappa shape index (κ2) is 5.95. The average molecular weight is 201 g/mol. The lowest BCUT2D eigenvalue weighted by Gasteiger charge is -2.23. The minimum absolute atomic E-state index is 0.0694. The van der Waals surface area contributed by atoms with Crippen molar-refractivity contribution in [3.05, 3.63) is 0 Å². The molecule has 0 aromatic carbocycles. The van der Waals surface area contributed by atoms with Crippen molar-refractivity contribution in [1.29, 1.82) is 0 Å². The second-order valence-electron chi connectivity index (χ2n) is 3.72. The van der Waals surface area contributed by atoms with E-state index in [-0.39, 0.29) is 19.1 Å². The Morgan fingerprint density at radius 2 is 2.43 bits per heavy atom. The molecule has 1 fully saturated rings. The van der Waals surface area contributed by atoms with Crippen LogP contribution in [0, 0.1) is 0 Å².